The van der Waals surface area contributed by atoms with Crippen LogP contribution in [0, 0.1) is 0 Å². The second kappa shape index (κ2) is 12.0. The lowest BCUT2D eigenvalue weighted by atomic mass is 10.2. The smallest absolute Gasteiger partial charge is 0.0593 e. The molecule has 0 unspecified atom stereocenters. The number of rotatable bonds is 3. The Bertz CT molecular complexity index is 107. The zero-order valence-electron chi connectivity index (χ0n) is 10.9. The number of ether oxygens (including phenoxy) is 1. The molecule has 0 aromatic carbocycles. The summed E-state index contributed by atoms with van der Waals surface area (Å²) >= 11 is 0. The summed E-state index contributed by atoms with van der Waals surface area (Å²) in [4.78, 5) is 2.55. The van der Waals surface area contributed by atoms with Gasteiger partial charge in [-0.25, -0.2) is 0 Å². The van der Waals surface area contributed by atoms with Crippen molar-refractivity contribution in [1.82, 2.24) is 4.90 Å². The summed E-state index contributed by atoms with van der Waals surface area (Å²) in [6.45, 7) is 11.8. The molecular weight excluding hydrogens is 186 g/mol. The Hall–Kier alpha value is -0.0800. The molecule has 0 spiro atoms. The van der Waals surface area contributed by atoms with Gasteiger partial charge in [0, 0.05) is 13.2 Å². The highest BCUT2D eigenvalue weighted by Gasteiger charge is 2.05. The summed E-state index contributed by atoms with van der Waals surface area (Å²) in [6.07, 6.45) is 6.58. The summed E-state index contributed by atoms with van der Waals surface area (Å²) in [5.41, 5.74) is 0. The third kappa shape index (κ3) is 8.88. The minimum absolute atomic E-state index is 0.934. The molecule has 0 aromatic heterocycles. The van der Waals surface area contributed by atoms with Crippen LogP contribution in [0.3, 0.4) is 0 Å². The van der Waals surface area contributed by atoms with Crippen molar-refractivity contribution in [3.05, 3.63) is 0 Å². The Balaban J connectivity index is 0.000000921. The Labute approximate surface area is 96.0 Å². The van der Waals surface area contributed by atoms with E-state index in [4.69, 9.17) is 4.74 Å². The Morgan fingerprint density at radius 1 is 1.00 bits per heavy atom. The maximum atomic E-state index is 5.52. The van der Waals surface area contributed by atoms with Gasteiger partial charge < -0.3 is 9.64 Å². The summed E-state index contributed by atoms with van der Waals surface area (Å²) in [6, 6.07) is 0. The highest BCUT2D eigenvalue weighted by Crippen LogP contribution is 2.04. The lowest BCUT2D eigenvalue weighted by Crippen LogP contribution is -2.29. The molecule has 0 radical (unpaired) electrons. The van der Waals surface area contributed by atoms with Gasteiger partial charge in [0.25, 0.3) is 0 Å². The Morgan fingerprint density at radius 2 is 1.80 bits per heavy atom. The van der Waals surface area contributed by atoms with Crippen molar-refractivity contribution < 1.29 is 4.74 Å². The van der Waals surface area contributed by atoms with Crippen molar-refractivity contribution in [2.75, 3.05) is 32.8 Å². The average Bonchev–Trinajstić information content (AvgIpc) is 2.42. The molecule has 0 aliphatic carbocycles. The van der Waals surface area contributed by atoms with Crippen LogP contribution in [0.1, 0.15) is 52.9 Å². The van der Waals surface area contributed by atoms with Gasteiger partial charge in [-0.2, -0.15) is 0 Å². The normalized spacial score (nSPS) is 19.4. The van der Waals surface area contributed by atoms with Crippen LogP contribution in [-0.4, -0.2) is 37.7 Å². The van der Waals surface area contributed by atoms with Crippen LogP contribution >= 0.6 is 0 Å². The fraction of sp³-hybridized carbons (Fsp3) is 1.00. The molecule has 1 aliphatic rings. The molecule has 0 saturated carbocycles. The lowest BCUT2D eigenvalue weighted by molar-refractivity contribution is 0.111. The molecule has 1 aliphatic heterocycles. The Morgan fingerprint density at radius 3 is 2.53 bits per heavy atom. The first-order chi connectivity index (χ1) is 7.43. The van der Waals surface area contributed by atoms with E-state index in [1.165, 1.54) is 45.2 Å². The van der Waals surface area contributed by atoms with Crippen LogP contribution in [-0.2, 0) is 4.74 Å². The quantitative estimate of drug-likeness (QED) is 0.716. The largest absolute Gasteiger partial charge is 0.380 e. The van der Waals surface area contributed by atoms with Crippen molar-refractivity contribution in [1.29, 1.82) is 0 Å². The maximum Gasteiger partial charge on any atom is 0.0593 e. The first-order valence-corrected chi connectivity index (χ1v) is 6.73. The van der Waals surface area contributed by atoms with Crippen LogP contribution in [0.2, 0.25) is 0 Å². The van der Waals surface area contributed by atoms with Crippen LogP contribution < -0.4 is 0 Å². The van der Waals surface area contributed by atoms with E-state index in [2.05, 4.69) is 11.8 Å². The van der Waals surface area contributed by atoms with Crippen molar-refractivity contribution in [2.45, 2.75) is 52.9 Å². The molecule has 2 nitrogen and oxygen atoms in total. The lowest BCUT2D eigenvalue weighted by Gasteiger charge is -2.20. The first kappa shape index (κ1) is 14.9. The first-order valence-electron chi connectivity index (χ1n) is 6.73. The predicted molar refractivity (Wildman–Crippen MR) is 67.4 cm³/mol. The van der Waals surface area contributed by atoms with Gasteiger partial charge in [0.15, 0.2) is 0 Å². The molecule has 0 bridgehead atoms. The summed E-state index contributed by atoms with van der Waals surface area (Å²) in [5.74, 6) is 0. The van der Waals surface area contributed by atoms with Crippen molar-refractivity contribution >= 4 is 0 Å². The van der Waals surface area contributed by atoms with Gasteiger partial charge in [0.1, 0.15) is 0 Å². The molecule has 15 heavy (non-hydrogen) atoms. The van der Waals surface area contributed by atoms with Gasteiger partial charge in [-0.15, -0.1) is 0 Å². The molecule has 92 valence electrons. The third-order valence-electron chi connectivity index (χ3n) is 2.64. The maximum absolute atomic E-state index is 5.52. The van der Waals surface area contributed by atoms with Gasteiger partial charge in [0.05, 0.1) is 6.61 Å². The molecule has 1 saturated heterocycles. The van der Waals surface area contributed by atoms with Crippen molar-refractivity contribution in [2.24, 2.45) is 0 Å². The highest BCUT2D eigenvalue weighted by molar-refractivity contribution is 4.59. The molecule has 0 atom stereocenters. The van der Waals surface area contributed by atoms with Crippen molar-refractivity contribution in [3.63, 3.8) is 0 Å². The van der Waals surface area contributed by atoms with Crippen LogP contribution in [0.25, 0.3) is 0 Å². The molecule has 0 N–H and O–H groups in total. The van der Waals surface area contributed by atoms with Gasteiger partial charge >= 0.3 is 0 Å². The van der Waals surface area contributed by atoms with Gasteiger partial charge in [-0.05, 0) is 38.8 Å². The molecular formula is C13H29NO. The highest BCUT2D eigenvalue weighted by atomic mass is 16.5. The van der Waals surface area contributed by atoms with Crippen LogP contribution in [0.15, 0.2) is 0 Å². The summed E-state index contributed by atoms with van der Waals surface area (Å²) < 4.78 is 5.52. The molecule has 1 rings (SSSR count). The van der Waals surface area contributed by atoms with E-state index < -0.39 is 0 Å². The minimum Gasteiger partial charge on any atom is -0.380 e. The van der Waals surface area contributed by atoms with E-state index in [0.717, 1.165) is 19.8 Å². The van der Waals surface area contributed by atoms with E-state index in [1.807, 2.05) is 13.8 Å². The molecule has 1 fully saturated rings. The predicted octanol–water partition coefficient (Wildman–Crippen LogP) is 3.32. The van der Waals surface area contributed by atoms with E-state index in [9.17, 15) is 0 Å². The number of hydrogen-bond acceptors (Lipinski definition) is 2. The zero-order chi connectivity index (χ0) is 11.4. The molecule has 0 amide bonds. The fourth-order valence-corrected chi connectivity index (χ4v) is 1.73. The van der Waals surface area contributed by atoms with E-state index in [-0.39, 0.29) is 0 Å². The molecule has 1 heterocycles. The third-order valence-corrected chi connectivity index (χ3v) is 2.64. The molecule has 2 heteroatoms. The second-order valence-corrected chi connectivity index (χ2v) is 3.87. The SMILES string of the molecule is CC.CCCCN1CCCCCOCC1. The van der Waals surface area contributed by atoms with E-state index in [1.54, 1.807) is 0 Å². The summed E-state index contributed by atoms with van der Waals surface area (Å²) in [5, 5.41) is 0. The minimum atomic E-state index is 0.934. The van der Waals surface area contributed by atoms with Gasteiger partial charge in [-0.1, -0.05) is 27.2 Å². The van der Waals surface area contributed by atoms with Crippen LogP contribution in [0.4, 0.5) is 0 Å². The monoisotopic (exact) mass is 215 g/mol. The topological polar surface area (TPSA) is 12.5 Å². The standard InChI is InChI=1S/C11H23NO.C2H6/c1-2-3-7-12-8-5-4-6-10-13-11-9-12;1-2/h2-11H2,1H3;1-2H3. The fourth-order valence-electron chi connectivity index (χ4n) is 1.73. The zero-order valence-corrected chi connectivity index (χ0v) is 10.9. The van der Waals surface area contributed by atoms with E-state index in [0.29, 0.717) is 0 Å². The van der Waals surface area contributed by atoms with Gasteiger partial charge in [-0.3, -0.25) is 0 Å². The number of unbranched alkanes of at least 4 members (excludes halogenated alkanes) is 1. The number of nitrogens with zero attached hydrogens (tertiary/aromatic N) is 1. The van der Waals surface area contributed by atoms with Gasteiger partial charge in [0.2, 0.25) is 0 Å². The second-order valence-electron chi connectivity index (χ2n) is 3.87. The van der Waals surface area contributed by atoms with Crippen LogP contribution in [0.5, 0.6) is 0 Å². The Kier molecular flexibility index (Phi) is 11.9. The average molecular weight is 215 g/mol. The summed E-state index contributed by atoms with van der Waals surface area (Å²) in [7, 11) is 0. The van der Waals surface area contributed by atoms with E-state index >= 15 is 0 Å². The molecule has 0 aromatic rings. The number of hydrogen-bond donors (Lipinski definition) is 0. The van der Waals surface area contributed by atoms with Crippen molar-refractivity contribution in [3.8, 4) is 0 Å².